The molecular weight excluding hydrogens is 582 g/mol. The van der Waals surface area contributed by atoms with Crippen LogP contribution in [0, 0.1) is 11.8 Å². The number of nitrogens with zero attached hydrogens (tertiary/aromatic N) is 1. The minimum Gasteiger partial charge on any atom is -0.495 e. The lowest BCUT2D eigenvalue weighted by Gasteiger charge is -2.28. The highest BCUT2D eigenvalue weighted by Gasteiger charge is 2.30. The molecule has 1 saturated carbocycles. The van der Waals surface area contributed by atoms with Gasteiger partial charge >= 0.3 is 6.18 Å². The number of nitrogens with two attached hydrogens (primary N) is 1. The zero-order valence-electron chi connectivity index (χ0n) is 22.2. The van der Waals surface area contributed by atoms with Gasteiger partial charge in [-0.3, -0.25) is 0 Å². The summed E-state index contributed by atoms with van der Waals surface area (Å²) in [5.74, 6) is 6.07. The van der Waals surface area contributed by atoms with Crippen molar-refractivity contribution in [1.82, 2.24) is 4.57 Å². The van der Waals surface area contributed by atoms with Crippen molar-refractivity contribution >= 4 is 59.1 Å². The molecule has 2 aromatic carbocycles. The number of ether oxygens (including phenoxy) is 1. The van der Waals surface area contributed by atoms with Gasteiger partial charge in [0.1, 0.15) is 12.3 Å². The molecule has 0 amide bonds. The van der Waals surface area contributed by atoms with E-state index in [-0.39, 0.29) is 56.2 Å². The number of benzene rings is 2. The SMILES string of the molecule is COc1cc(S(C)(=O)=O)ccc1NCC#Cc1cc2c(N[C@H]3CCC[C@H](N)C3)cccc2n1CC(F)(F)F.S.S. The number of nitrogens with one attached hydrogen (secondary N) is 2. The van der Waals surface area contributed by atoms with E-state index < -0.39 is 22.6 Å². The first kappa shape index (κ1) is 33.5. The van der Waals surface area contributed by atoms with Crippen LogP contribution >= 0.6 is 27.0 Å². The fourth-order valence-corrected chi connectivity index (χ4v) is 5.40. The van der Waals surface area contributed by atoms with Gasteiger partial charge in [-0.25, -0.2) is 8.42 Å². The Morgan fingerprint density at radius 3 is 2.52 bits per heavy atom. The van der Waals surface area contributed by atoms with Crippen LogP contribution in [-0.2, 0) is 16.4 Å². The van der Waals surface area contributed by atoms with Gasteiger partial charge in [-0.1, -0.05) is 12.0 Å². The molecule has 3 aromatic rings. The smallest absolute Gasteiger partial charge is 0.406 e. The minimum atomic E-state index is -4.42. The van der Waals surface area contributed by atoms with Gasteiger partial charge < -0.3 is 25.7 Å². The molecule has 0 bridgehead atoms. The summed E-state index contributed by atoms with van der Waals surface area (Å²) < 4.78 is 70.5. The summed E-state index contributed by atoms with van der Waals surface area (Å²) in [5, 5.41) is 7.19. The third-order valence-electron chi connectivity index (χ3n) is 6.54. The van der Waals surface area contributed by atoms with Crippen LogP contribution < -0.4 is 21.1 Å². The number of aromatic nitrogens is 1. The highest BCUT2D eigenvalue weighted by Crippen LogP contribution is 2.32. The molecule has 0 aliphatic heterocycles. The molecule has 220 valence electrons. The van der Waals surface area contributed by atoms with Crippen molar-refractivity contribution in [1.29, 1.82) is 0 Å². The van der Waals surface area contributed by atoms with E-state index in [1.807, 2.05) is 6.07 Å². The predicted octanol–water partition coefficient (Wildman–Crippen LogP) is 4.99. The molecule has 0 spiro atoms. The number of hydrogen-bond acceptors (Lipinski definition) is 6. The maximum Gasteiger partial charge on any atom is 0.406 e. The van der Waals surface area contributed by atoms with Gasteiger partial charge in [-0.2, -0.15) is 40.2 Å². The van der Waals surface area contributed by atoms with E-state index in [4.69, 9.17) is 10.5 Å². The maximum atomic E-state index is 13.5. The highest BCUT2D eigenvalue weighted by atomic mass is 32.2. The molecule has 1 aliphatic carbocycles. The molecule has 1 aliphatic rings. The molecular formula is C27H35F3N4O3S3. The second-order valence-electron chi connectivity index (χ2n) is 9.53. The third-order valence-corrected chi connectivity index (χ3v) is 7.65. The van der Waals surface area contributed by atoms with Crippen LogP contribution in [0.4, 0.5) is 24.5 Å². The lowest BCUT2D eigenvalue weighted by atomic mass is 9.91. The van der Waals surface area contributed by atoms with Gasteiger partial charge in [0.05, 0.1) is 35.4 Å². The lowest BCUT2D eigenvalue weighted by Crippen LogP contribution is -2.34. The number of alkyl halides is 3. The van der Waals surface area contributed by atoms with Crippen molar-refractivity contribution in [2.75, 3.05) is 30.5 Å². The van der Waals surface area contributed by atoms with E-state index in [0.29, 0.717) is 22.3 Å². The van der Waals surface area contributed by atoms with Gasteiger partial charge in [0, 0.05) is 35.5 Å². The monoisotopic (exact) mass is 616 g/mol. The van der Waals surface area contributed by atoms with E-state index in [1.165, 1.54) is 23.8 Å². The molecule has 0 radical (unpaired) electrons. The largest absolute Gasteiger partial charge is 0.495 e. The summed E-state index contributed by atoms with van der Waals surface area (Å²) in [5.41, 5.74) is 8.09. The number of hydrogen-bond donors (Lipinski definition) is 3. The molecule has 0 unspecified atom stereocenters. The summed E-state index contributed by atoms with van der Waals surface area (Å²) in [7, 11) is -1.99. The number of halogens is 3. The summed E-state index contributed by atoms with van der Waals surface area (Å²) in [6, 6.07) is 11.6. The Kier molecular flexibility index (Phi) is 11.6. The van der Waals surface area contributed by atoms with Crippen LogP contribution in [0.25, 0.3) is 10.9 Å². The van der Waals surface area contributed by atoms with Gasteiger partial charge in [0.2, 0.25) is 0 Å². The Labute approximate surface area is 246 Å². The second kappa shape index (κ2) is 13.8. The van der Waals surface area contributed by atoms with E-state index in [9.17, 15) is 21.6 Å². The van der Waals surface area contributed by atoms with E-state index in [2.05, 4.69) is 22.5 Å². The molecule has 40 heavy (non-hydrogen) atoms. The normalized spacial score (nSPS) is 17.1. The summed E-state index contributed by atoms with van der Waals surface area (Å²) in [6.45, 7) is -1.06. The van der Waals surface area contributed by atoms with Crippen LogP contribution in [0.2, 0.25) is 0 Å². The first-order valence-electron chi connectivity index (χ1n) is 12.3. The van der Waals surface area contributed by atoms with Crippen molar-refractivity contribution in [3.05, 3.63) is 48.2 Å². The Balaban J connectivity index is 0.00000280. The molecule has 0 saturated heterocycles. The Bertz CT molecular complexity index is 1480. The highest BCUT2D eigenvalue weighted by molar-refractivity contribution is 7.90. The summed E-state index contributed by atoms with van der Waals surface area (Å²) >= 11 is 0. The van der Waals surface area contributed by atoms with Gasteiger partial charge in [-0.05, 0) is 61.9 Å². The third kappa shape index (κ3) is 8.42. The van der Waals surface area contributed by atoms with Crippen LogP contribution in [-0.4, -0.2) is 51.2 Å². The molecule has 1 heterocycles. The second-order valence-corrected chi connectivity index (χ2v) is 11.5. The fourth-order valence-electron chi connectivity index (χ4n) is 4.76. The molecule has 2 atom stereocenters. The lowest BCUT2D eigenvalue weighted by molar-refractivity contribution is -0.140. The van der Waals surface area contributed by atoms with Crippen molar-refractivity contribution in [3.63, 3.8) is 0 Å². The number of anilines is 2. The quantitative estimate of drug-likeness (QED) is 0.324. The van der Waals surface area contributed by atoms with Crippen molar-refractivity contribution in [2.45, 2.75) is 55.4 Å². The van der Waals surface area contributed by atoms with Gasteiger partial charge in [0.15, 0.2) is 9.84 Å². The van der Waals surface area contributed by atoms with Crippen molar-refractivity contribution < 1.29 is 26.3 Å². The number of sulfone groups is 1. The summed E-state index contributed by atoms with van der Waals surface area (Å²) in [4.78, 5) is 0.113. The Morgan fingerprint density at radius 1 is 1.12 bits per heavy atom. The molecule has 1 fully saturated rings. The van der Waals surface area contributed by atoms with Gasteiger partial charge in [-0.15, -0.1) is 0 Å². The number of methoxy groups -OCH3 is 1. The predicted molar refractivity (Wildman–Crippen MR) is 164 cm³/mol. The Morgan fingerprint density at radius 2 is 1.88 bits per heavy atom. The van der Waals surface area contributed by atoms with Crippen LogP contribution in [0.15, 0.2) is 47.4 Å². The van der Waals surface area contributed by atoms with Crippen molar-refractivity contribution in [2.24, 2.45) is 5.73 Å². The topological polar surface area (TPSA) is 98.4 Å². The minimum absolute atomic E-state index is 0. The number of fused-ring (bicyclic) bond motifs is 1. The average Bonchev–Trinajstić information content (AvgIpc) is 3.18. The molecule has 4 N–H and O–H groups in total. The zero-order valence-corrected chi connectivity index (χ0v) is 25.0. The van der Waals surface area contributed by atoms with E-state index in [0.717, 1.165) is 37.6 Å². The average molecular weight is 617 g/mol. The van der Waals surface area contributed by atoms with E-state index >= 15 is 0 Å². The van der Waals surface area contributed by atoms with Crippen LogP contribution in [0.1, 0.15) is 31.4 Å². The first-order chi connectivity index (χ1) is 17.9. The van der Waals surface area contributed by atoms with Crippen LogP contribution in [0.3, 0.4) is 0 Å². The fraction of sp³-hybridized carbons (Fsp3) is 0.407. The molecule has 1 aromatic heterocycles. The molecule has 7 nitrogen and oxygen atoms in total. The van der Waals surface area contributed by atoms with Gasteiger partial charge in [0.25, 0.3) is 0 Å². The van der Waals surface area contributed by atoms with Crippen LogP contribution in [0.5, 0.6) is 5.75 Å². The Hall–Kier alpha value is -2.66. The standard InChI is InChI=1S/C27H31F3N4O3S.2H2S/c1-37-26-16-21(38(2,35)36)11-12-24(26)32-13-5-8-20-15-22-23(33-19-7-3-6-18(31)14-19)9-4-10-25(22)34(20)17-27(28,29)30;;/h4,9-12,15-16,18-19,32-33H,3,6-7,13-14,17,31H2,1-2H3;2*1H2/t18-,19-;;/m0../s1. The van der Waals surface area contributed by atoms with Crippen molar-refractivity contribution in [3.8, 4) is 17.6 Å². The molecule has 4 rings (SSSR count). The molecule has 13 heteroatoms. The van der Waals surface area contributed by atoms with E-state index in [1.54, 1.807) is 24.3 Å². The number of rotatable bonds is 7. The summed E-state index contributed by atoms with van der Waals surface area (Å²) in [6.07, 6.45) is 0.439. The maximum absolute atomic E-state index is 13.5. The zero-order chi connectivity index (χ0) is 27.5. The first-order valence-corrected chi connectivity index (χ1v) is 14.2.